The first-order valence-electron chi connectivity index (χ1n) is 5.84. The Morgan fingerprint density at radius 3 is 2.24 bits per heavy atom. The van der Waals surface area contributed by atoms with Crippen LogP contribution in [0, 0.1) is 5.41 Å². The molecule has 0 aliphatic heterocycles. The van der Waals surface area contributed by atoms with Crippen LogP contribution in [-0.4, -0.2) is 13.2 Å². The first-order valence-corrected chi connectivity index (χ1v) is 5.84. The minimum atomic E-state index is 0.0598. The lowest BCUT2D eigenvalue weighted by molar-refractivity contribution is 0.00437. The predicted molar refractivity (Wildman–Crippen MR) is 71.2 cm³/mol. The largest absolute Gasteiger partial charge is 0.497 e. The zero-order valence-corrected chi connectivity index (χ0v) is 11.2. The molecule has 1 aromatic rings. The number of ether oxygens (including phenoxy) is 2. The smallest absolute Gasteiger partial charge is 0.118 e. The molecule has 1 atom stereocenters. The van der Waals surface area contributed by atoms with Crippen LogP contribution in [-0.2, 0) is 11.3 Å². The topological polar surface area (TPSA) is 18.5 Å². The highest BCUT2D eigenvalue weighted by Crippen LogP contribution is 2.24. The van der Waals surface area contributed by atoms with Crippen LogP contribution in [0.3, 0.4) is 0 Å². The summed E-state index contributed by atoms with van der Waals surface area (Å²) in [7, 11) is 1.67. The molecule has 0 saturated carbocycles. The van der Waals surface area contributed by atoms with E-state index in [1.54, 1.807) is 7.11 Å². The van der Waals surface area contributed by atoms with Gasteiger partial charge in [0.05, 0.1) is 19.8 Å². The molecule has 0 heterocycles. The second-order valence-electron chi connectivity index (χ2n) is 5.18. The van der Waals surface area contributed by atoms with Crippen LogP contribution < -0.4 is 4.74 Å². The molecule has 17 heavy (non-hydrogen) atoms. The summed E-state index contributed by atoms with van der Waals surface area (Å²) in [5, 5.41) is 0. The number of rotatable bonds is 5. The lowest BCUT2D eigenvalue weighted by Crippen LogP contribution is -2.26. The Morgan fingerprint density at radius 2 is 1.82 bits per heavy atom. The van der Waals surface area contributed by atoms with Gasteiger partial charge in [-0.1, -0.05) is 39.0 Å². The Balaban J connectivity index is 2.57. The van der Waals surface area contributed by atoms with E-state index in [9.17, 15) is 0 Å². The summed E-state index contributed by atoms with van der Waals surface area (Å²) in [5.41, 5.74) is 1.22. The number of methoxy groups -OCH3 is 1. The molecule has 0 unspecified atom stereocenters. The van der Waals surface area contributed by atoms with Gasteiger partial charge in [-0.3, -0.25) is 0 Å². The van der Waals surface area contributed by atoms with Crippen molar-refractivity contribution in [3.05, 3.63) is 42.5 Å². The third-order valence-electron chi connectivity index (χ3n) is 2.66. The molecule has 0 aliphatic carbocycles. The average molecular weight is 234 g/mol. The summed E-state index contributed by atoms with van der Waals surface area (Å²) >= 11 is 0. The van der Waals surface area contributed by atoms with E-state index < -0.39 is 0 Å². The summed E-state index contributed by atoms with van der Waals surface area (Å²) in [5.74, 6) is 0.866. The van der Waals surface area contributed by atoms with E-state index in [1.165, 1.54) is 0 Å². The lowest BCUT2D eigenvalue weighted by atomic mass is 9.89. The van der Waals surface area contributed by atoms with E-state index in [0.29, 0.717) is 6.61 Å². The molecule has 2 heteroatoms. The van der Waals surface area contributed by atoms with Crippen molar-refractivity contribution < 1.29 is 9.47 Å². The van der Waals surface area contributed by atoms with Crippen LogP contribution in [0.1, 0.15) is 26.3 Å². The molecule has 94 valence electrons. The van der Waals surface area contributed by atoms with Gasteiger partial charge in [-0.2, -0.15) is 0 Å². The van der Waals surface area contributed by atoms with Gasteiger partial charge in [0.1, 0.15) is 5.75 Å². The highest BCUT2D eigenvalue weighted by molar-refractivity contribution is 5.26. The zero-order chi connectivity index (χ0) is 12.9. The molecular formula is C15H22O2. The van der Waals surface area contributed by atoms with Crippen molar-refractivity contribution in [3.8, 4) is 5.75 Å². The Kier molecular flexibility index (Phi) is 4.76. The van der Waals surface area contributed by atoms with Crippen molar-refractivity contribution in [1.82, 2.24) is 0 Å². The van der Waals surface area contributed by atoms with Crippen LogP contribution in [0.4, 0.5) is 0 Å². The summed E-state index contributed by atoms with van der Waals surface area (Å²) in [6, 6.07) is 7.92. The maximum Gasteiger partial charge on any atom is 0.118 e. The van der Waals surface area contributed by atoms with Crippen molar-refractivity contribution in [2.75, 3.05) is 7.11 Å². The van der Waals surface area contributed by atoms with Gasteiger partial charge >= 0.3 is 0 Å². The fourth-order valence-corrected chi connectivity index (χ4v) is 1.58. The van der Waals surface area contributed by atoms with E-state index in [-0.39, 0.29) is 11.5 Å². The lowest BCUT2D eigenvalue weighted by Gasteiger charge is -2.28. The van der Waals surface area contributed by atoms with E-state index >= 15 is 0 Å². The van der Waals surface area contributed by atoms with Gasteiger partial charge in [0.2, 0.25) is 0 Å². The van der Waals surface area contributed by atoms with Gasteiger partial charge < -0.3 is 9.47 Å². The Bertz CT molecular complexity index is 346. The number of hydrogen-bond acceptors (Lipinski definition) is 2. The van der Waals surface area contributed by atoms with E-state index in [1.807, 2.05) is 30.3 Å². The highest BCUT2D eigenvalue weighted by atomic mass is 16.5. The first-order chi connectivity index (χ1) is 7.97. The fourth-order valence-electron chi connectivity index (χ4n) is 1.58. The SMILES string of the molecule is C=C[C@H](OCc1ccc(OC)cc1)C(C)(C)C. The molecule has 0 aromatic heterocycles. The second-order valence-corrected chi connectivity index (χ2v) is 5.18. The zero-order valence-electron chi connectivity index (χ0n) is 11.2. The minimum absolute atomic E-state index is 0.0598. The first kappa shape index (κ1) is 13.8. The van der Waals surface area contributed by atoms with Gasteiger partial charge in [0, 0.05) is 0 Å². The van der Waals surface area contributed by atoms with Crippen molar-refractivity contribution in [2.24, 2.45) is 5.41 Å². The maximum absolute atomic E-state index is 5.86. The minimum Gasteiger partial charge on any atom is -0.497 e. The monoisotopic (exact) mass is 234 g/mol. The molecule has 0 N–H and O–H groups in total. The Morgan fingerprint density at radius 1 is 1.24 bits per heavy atom. The normalized spacial score (nSPS) is 13.2. The van der Waals surface area contributed by atoms with E-state index in [0.717, 1.165) is 11.3 Å². The predicted octanol–water partition coefficient (Wildman–Crippen LogP) is 3.81. The molecule has 2 nitrogen and oxygen atoms in total. The summed E-state index contributed by atoms with van der Waals surface area (Å²) in [4.78, 5) is 0. The molecule has 0 amide bonds. The van der Waals surface area contributed by atoms with Gasteiger partial charge in [-0.15, -0.1) is 6.58 Å². The van der Waals surface area contributed by atoms with Crippen LogP contribution in [0.25, 0.3) is 0 Å². The molecule has 0 saturated heterocycles. The highest BCUT2D eigenvalue weighted by Gasteiger charge is 2.22. The summed E-state index contributed by atoms with van der Waals surface area (Å²) in [6.07, 6.45) is 1.92. The van der Waals surface area contributed by atoms with Gasteiger partial charge in [-0.05, 0) is 23.1 Å². The second kappa shape index (κ2) is 5.87. The fraction of sp³-hybridized carbons (Fsp3) is 0.467. The quantitative estimate of drug-likeness (QED) is 0.721. The average Bonchev–Trinajstić information content (AvgIpc) is 2.29. The van der Waals surface area contributed by atoms with Crippen molar-refractivity contribution >= 4 is 0 Å². The maximum atomic E-state index is 5.86. The molecular weight excluding hydrogens is 212 g/mol. The molecule has 0 spiro atoms. The van der Waals surface area contributed by atoms with Crippen molar-refractivity contribution in [1.29, 1.82) is 0 Å². The van der Waals surface area contributed by atoms with Crippen molar-refractivity contribution in [3.63, 3.8) is 0 Å². The molecule has 1 aromatic carbocycles. The Labute approximate surface area is 104 Å². The Hall–Kier alpha value is -1.28. The standard InChI is InChI=1S/C15H22O2/c1-6-14(15(2,3)4)17-11-12-7-9-13(16-5)10-8-12/h6-10,14H,1,11H2,2-5H3/t14-/m0/s1. The molecule has 0 bridgehead atoms. The summed E-state index contributed by atoms with van der Waals surface area (Å²) < 4.78 is 11.0. The van der Waals surface area contributed by atoms with Gasteiger partial charge in [0.25, 0.3) is 0 Å². The number of hydrogen-bond donors (Lipinski definition) is 0. The van der Waals surface area contributed by atoms with Crippen LogP contribution in [0.5, 0.6) is 5.75 Å². The third kappa shape index (κ3) is 4.23. The van der Waals surface area contributed by atoms with Crippen molar-refractivity contribution in [2.45, 2.75) is 33.5 Å². The molecule has 0 aliphatic rings. The van der Waals surface area contributed by atoms with Crippen LogP contribution >= 0.6 is 0 Å². The van der Waals surface area contributed by atoms with Crippen LogP contribution in [0.15, 0.2) is 36.9 Å². The van der Waals surface area contributed by atoms with Gasteiger partial charge in [-0.25, -0.2) is 0 Å². The van der Waals surface area contributed by atoms with E-state index in [2.05, 4.69) is 27.4 Å². The van der Waals surface area contributed by atoms with Crippen LogP contribution in [0.2, 0.25) is 0 Å². The van der Waals surface area contributed by atoms with E-state index in [4.69, 9.17) is 9.47 Å². The van der Waals surface area contributed by atoms with Gasteiger partial charge in [0.15, 0.2) is 0 Å². The summed E-state index contributed by atoms with van der Waals surface area (Å²) in [6.45, 7) is 10.9. The number of benzene rings is 1. The third-order valence-corrected chi connectivity index (χ3v) is 2.66. The molecule has 0 radical (unpaired) electrons. The molecule has 1 rings (SSSR count). The molecule has 0 fully saturated rings.